The summed E-state index contributed by atoms with van der Waals surface area (Å²) in [6, 6.07) is 15.8. The number of fused-ring (bicyclic) bond motifs is 1. The van der Waals surface area contributed by atoms with Gasteiger partial charge in [-0.15, -0.1) is 0 Å². The first kappa shape index (κ1) is 27.1. The minimum absolute atomic E-state index is 0.198. The lowest BCUT2D eigenvalue weighted by Gasteiger charge is -2.28. The summed E-state index contributed by atoms with van der Waals surface area (Å²) in [4.78, 5) is 36.8. The van der Waals surface area contributed by atoms with Gasteiger partial charge in [-0.2, -0.15) is 0 Å². The van der Waals surface area contributed by atoms with Crippen LogP contribution in [0.5, 0.6) is 0 Å². The SMILES string of the molecule is CCn1ccc2c(N3CCOCC3)nc(-c3ccc(NC(=O)Nc4ccc(C(=O)NCCOC)cc4)cc3)nc21. The number of carbonyl (C=O) groups excluding carboxylic acids is 2. The summed E-state index contributed by atoms with van der Waals surface area (Å²) in [6.07, 6.45) is 2.05. The molecule has 1 fully saturated rings. The van der Waals surface area contributed by atoms with E-state index >= 15 is 0 Å². The molecular formula is C29H33N7O4. The normalized spacial score (nSPS) is 13.3. The molecule has 40 heavy (non-hydrogen) atoms. The van der Waals surface area contributed by atoms with E-state index in [1.165, 1.54) is 0 Å². The average Bonchev–Trinajstić information content (AvgIpc) is 3.41. The number of hydrogen-bond acceptors (Lipinski definition) is 7. The molecule has 3 heterocycles. The fourth-order valence-corrected chi connectivity index (χ4v) is 4.52. The van der Waals surface area contributed by atoms with Crippen LogP contribution >= 0.6 is 0 Å². The fraction of sp³-hybridized carbons (Fsp3) is 0.310. The van der Waals surface area contributed by atoms with Gasteiger partial charge in [-0.05, 0) is 61.5 Å². The number of amides is 3. The van der Waals surface area contributed by atoms with Crippen molar-refractivity contribution in [2.45, 2.75) is 13.5 Å². The van der Waals surface area contributed by atoms with E-state index in [9.17, 15) is 9.59 Å². The maximum atomic E-state index is 12.6. The lowest BCUT2D eigenvalue weighted by molar-refractivity contribution is 0.0937. The molecule has 1 aliphatic heterocycles. The monoisotopic (exact) mass is 543 g/mol. The second kappa shape index (κ2) is 12.6. The van der Waals surface area contributed by atoms with Gasteiger partial charge in [0.15, 0.2) is 5.82 Å². The highest BCUT2D eigenvalue weighted by atomic mass is 16.5. The number of aromatic nitrogens is 3. The Morgan fingerprint density at radius 2 is 1.62 bits per heavy atom. The van der Waals surface area contributed by atoms with Crippen LogP contribution in [0.15, 0.2) is 60.8 Å². The van der Waals surface area contributed by atoms with Gasteiger partial charge >= 0.3 is 6.03 Å². The number of morpholine rings is 1. The molecule has 11 heteroatoms. The number of rotatable bonds is 9. The largest absolute Gasteiger partial charge is 0.383 e. The van der Waals surface area contributed by atoms with Gasteiger partial charge in [0, 0.05) is 62.0 Å². The zero-order valence-electron chi connectivity index (χ0n) is 22.6. The van der Waals surface area contributed by atoms with E-state index in [1.54, 1.807) is 31.4 Å². The first-order valence-corrected chi connectivity index (χ1v) is 13.3. The van der Waals surface area contributed by atoms with Crippen LogP contribution in [0.4, 0.5) is 22.0 Å². The van der Waals surface area contributed by atoms with E-state index in [0.29, 0.717) is 49.1 Å². The van der Waals surface area contributed by atoms with Crippen LogP contribution < -0.4 is 20.9 Å². The summed E-state index contributed by atoms with van der Waals surface area (Å²) in [5.41, 5.74) is 3.45. The Labute approximate surface area is 232 Å². The molecule has 4 aromatic rings. The molecule has 0 saturated carbocycles. The summed E-state index contributed by atoms with van der Waals surface area (Å²) in [6.45, 7) is 6.69. The third-order valence-electron chi connectivity index (χ3n) is 6.65. The highest BCUT2D eigenvalue weighted by Crippen LogP contribution is 2.29. The Kier molecular flexibility index (Phi) is 8.53. The number of nitrogens with zero attached hydrogens (tertiary/aromatic N) is 4. The van der Waals surface area contributed by atoms with Gasteiger partial charge in [-0.25, -0.2) is 14.8 Å². The smallest absolute Gasteiger partial charge is 0.323 e. The topological polar surface area (TPSA) is 123 Å². The third kappa shape index (κ3) is 6.22. The van der Waals surface area contributed by atoms with Crippen molar-refractivity contribution in [1.82, 2.24) is 19.9 Å². The lowest BCUT2D eigenvalue weighted by Crippen LogP contribution is -2.37. The molecule has 0 spiro atoms. The molecule has 0 aliphatic carbocycles. The Morgan fingerprint density at radius 3 is 2.27 bits per heavy atom. The standard InChI is InChI=1S/C29H33N7O4/c1-3-35-14-12-24-26(35)33-25(34-27(24)36-15-18-40-19-16-36)20-4-8-22(9-5-20)31-29(38)32-23-10-6-21(7-11-23)28(37)30-13-17-39-2/h4-12,14H,3,13,15-19H2,1-2H3,(H,30,37)(H2,31,32,38). The van der Waals surface area contributed by atoms with Gasteiger partial charge in [-0.1, -0.05) is 0 Å². The Bertz CT molecular complexity index is 1460. The molecule has 2 aromatic heterocycles. The molecule has 2 aromatic carbocycles. The van der Waals surface area contributed by atoms with Crippen molar-refractivity contribution >= 4 is 40.2 Å². The molecule has 0 unspecified atom stereocenters. The summed E-state index contributed by atoms with van der Waals surface area (Å²) in [7, 11) is 1.58. The molecule has 0 radical (unpaired) electrons. The van der Waals surface area contributed by atoms with E-state index in [1.807, 2.05) is 30.5 Å². The predicted molar refractivity (Wildman–Crippen MR) is 155 cm³/mol. The quantitative estimate of drug-likeness (QED) is 0.273. The number of anilines is 3. The molecule has 3 amide bonds. The molecule has 5 rings (SSSR count). The van der Waals surface area contributed by atoms with Crippen molar-refractivity contribution in [3.63, 3.8) is 0 Å². The summed E-state index contributed by atoms with van der Waals surface area (Å²) in [5.74, 6) is 1.34. The predicted octanol–water partition coefficient (Wildman–Crippen LogP) is 3.98. The molecule has 208 valence electrons. The van der Waals surface area contributed by atoms with Crippen LogP contribution in [0.25, 0.3) is 22.4 Å². The van der Waals surface area contributed by atoms with Gasteiger partial charge in [0.1, 0.15) is 11.5 Å². The Morgan fingerprint density at radius 1 is 0.950 bits per heavy atom. The van der Waals surface area contributed by atoms with E-state index in [0.717, 1.165) is 42.0 Å². The number of nitrogens with one attached hydrogen (secondary N) is 3. The first-order valence-electron chi connectivity index (χ1n) is 13.3. The molecular weight excluding hydrogens is 510 g/mol. The van der Waals surface area contributed by atoms with Crippen molar-refractivity contribution in [1.29, 1.82) is 0 Å². The van der Waals surface area contributed by atoms with Crippen LogP contribution in [0, 0.1) is 0 Å². The molecule has 0 bridgehead atoms. The lowest BCUT2D eigenvalue weighted by atomic mass is 10.2. The maximum Gasteiger partial charge on any atom is 0.323 e. The number of ether oxygens (including phenoxy) is 2. The number of methoxy groups -OCH3 is 1. The second-order valence-electron chi connectivity index (χ2n) is 9.29. The van der Waals surface area contributed by atoms with Gasteiger partial charge in [-0.3, -0.25) is 4.79 Å². The number of aryl methyl sites for hydroxylation is 1. The zero-order chi connectivity index (χ0) is 27.9. The summed E-state index contributed by atoms with van der Waals surface area (Å²) >= 11 is 0. The highest BCUT2D eigenvalue weighted by Gasteiger charge is 2.20. The average molecular weight is 544 g/mol. The van der Waals surface area contributed by atoms with Crippen LogP contribution in [-0.4, -0.2) is 73.0 Å². The first-order chi connectivity index (χ1) is 19.6. The number of hydrogen-bond donors (Lipinski definition) is 3. The number of urea groups is 1. The number of benzene rings is 2. The highest BCUT2D eigenvalue weighted by molar-refractivity contribution is 6.00. The molecule has 11 nitrogen and oxygen atoms in total. The Balaban J connectivity index is 1.26. The molecule has 1 saturated heterocycles. The van der Waals surface area contributed by atoms with Crippen LogP contribution in [-0.2, 0) is 16.0 Å². The second-order valence-corrected chi connectivity index (χ2v) is 9.29. The van der Waals surface area contributed by atoms with Crippen molar-refractivity contribution in [2.24, 2.45) is 0 Å². The van der Waals surface area contributed by atoms with E-state index in [2.05, 4.69) is 38.4 Å². The van der Waals surface area contributed by atoms with Crippen LogP contribution in [0.1, 0.15) is 17.3 Å². The van der Waals surface area contributed by atoms with Crippen molar-refractivity contribution in [2.75, 3.05) is 62.1 Å². The van der Waals surface area contributed by atoms with Gasteiger partial charge in [0.2, 0.25) is 0 Å². The van der Waals surface area contributed by atoms with Crippen molar-refractivity contribution in [3.8, 4) is 11.4 Å². The van der Waals surface area contributed by atoms with Gasteiger partial charge in [0.05, 0.1) is 25.2 Å². The van der Waals surface area contributed by atoms with Gasteiger partial charge < -0.3 is 34.9 Å². The third-order valence-corrected chi connectivity index (χ3v) is 6.65. The van der Waals surface area contributed by atoms with E-state index in [4.69, 9.17) is 19.4 Å². The van der Waals surface area contributed by atoms with Gasteiger partial charge in [0.25, 0.3) is 5.91 Å². The summed E-state index contributed by atoms with van der Waals surface area (Å²) < 4.78 is 12.6. The molecule has 0 atom stereocenters. The van der Waals surface area contributed by atoms with Crippen LogP contribution in [0.3, 0.4) is 0 Å². The van der Waals surface area contributed by atoms with E-state index < -0.39 is 6.03 Å². The van der Waals surface area contributed by atoms with Crippen molar-refractivity contribution < 1.29 is 19.1 Å². The van der Waals surface area contributed by atoms with E-state index in [-0.39, 0.29) is 5.91 Å². The molecule has 3 N–H and O–H groups in total. The molecule has 1 aliphatic rings. The van der Waals surface area contributed by atoms with Crippen molar-refractivity contribution in [3.05, 3.63) is 66.4 Å². The summed E-state index contributed by atoms with van der Waals surface area (Å²) in [5, 5.41) is 9.41. The minimum atomic E-state index is -0.391. The minimum Gasteiger partial charge on any atom is -0.383 e. The number of carbonyl (C=O) groups is 2. The Hall–Kier alpha value is -4.48. The zero-order valence-corrected chi connectivity index (χ0v) is 22.6. The maximum absolute atomic E-state index is 12.6. The van der Waals surface area contributed by atoms with Crippen LogP contribution in [0.2, 0.25) is 0 Å². The fourth-order valence-electron chi connectivity index (χ4n) is 4.52.